The summed E-state index contributed by atoms with van der Waals surface area (Å²) in [7, 11) is 0. The zero-order valence-electron chi connectivity index (χ0n) is 11.6. The van der Waals surface area contributed by atoms with Gasteiger partial charge < -0.3 is 10.0 Å². The lowest BCUT2D eigenvalue weighted by molar-refractivity contribution is -0.144. The molecule has 0 rings (SSSR count). The molecule has 0 radical (unpaired) electrons. The fourth-order valence-corrected chi connectivity index (χ4v) is 1.80. The molecule has 1 atom stereocenters. The Hall–Kier alpha value is -1.06. The van der Waals surface area contributed by atoms with E-state index in [-0.39, 0.29) is 17.9 Å². The number of hydrogen-bond donors (Lipinski definition) is 1. The first kappa shape index (κ1) is 15.9. The van der Waals surface area contributed by atoms with E-state index in [0.29, 0.717) is 6.54 Å². The van der Waals surface area contributed by atoms with Crippen LogP contribution in [-0.4, -0.2) is 34.5 Å². The van der Waals surface area contributed by atoms with Crippen molar-refractivity contribution in [2.24, 2.45) is 11.8 Å². The van der Waals surface area contributed by atoms with E-state index >= 15 is 0 Å². The molecule has 100 valence electrons. The van der Waals surface area contributed by atoms with Crippen LogP contribution in [0.2, 0.25) is 0 Å². The normalized spacial score (nSPS) is 12.9. The topological polar surface area (TPSA) is 57.6 Å². The summed E-state index contributed by atoms with van der Waals surface area (Å²) < 4.78 is 0. The highest BCUT2D eigenvalue weighted by Crippen LogP contribution is 2.16. The number of aliphatic carboxylic acids is 1. The molecule has 0 aliphatic carbocycles. The van der Waals surface area contributed by atoms with Crippen molar-refractivity contribution in [3.8, 4) is 0 Å². The third kappa shape index (κ3) is 4.75. The third-order valence-electron chi connectivity index (χ3n) is 3.13. The molecule has 0 fully saturated rings. The molecular formula is C13H25NO3. The highest BCUT2D eigenvalue weighted by atomic mass is 16.4. The van der Waals surface area contributed by atoms with Crippen LogP contribution >= 0.6 is 0 Å². The summed E-state index contributed by atoms with van der Waals surface area (Å²) in [5.41, 5.74) is 0. The second kappa shape index (κ2) is 7.30. The number of nitrogens with zero attached hydrogens (tertiary/aromatic N) is 1. The maximum absolute atomic E-state index is 12.2. The van der Waals surface area contributed by atoms with Crippen LogP contribution in [0.15, 0.2) is 0 Å². The van der Waals surface area contributed by atoms with Crippen molar-refractivity contribution in [3.05, 3.63) is 0 Å². The Bertz CT molecular complexity index is 259. The molecule has 0 aromatic heterocycles. The highest BCUT2D eigenvalue weighted by Gasteiger charge is 2.26. The first-order valence-corrected chi connectivity index (χ1v) is 6.38. The highest BCUT2D eigenvalue weighted by molar-refractivity contribution is 5.80. The van der Waals surface area contributed by atoms with Gasteiger partial charge in [-0.2, -0.15) is 0 Å². The molecule has 4 nitrogen and oxygen atoms in total. The predicted octanol–water partition coefficient (Wildman–Crippen LogP) is 2.38. The molecule has 0 saturated heterocycles. The molecular weight excluding hydrogens is 218 g/mol. The molecule has 0 aliphatic heterocycles. The van der Waals surface area contributed by atoms with Crippen LogP contribution in [0.1, 0.15) is 47.5 Å². The van der Waals surface area contributed by atoms with Gasteiger partial charge in [0, 0.05) is 18.5 Å². The van der Waals surface area contributed by atoms with E-state index in [1.54, 1.807) is 11.8 Å². The molecule has 0 aromatic carbocycles. The summed E-state index contributed by atoms with van der Waals surface area (Å²) in [6, 6.07) is 0.0462. The average molecular weight is 243 g/mol. The lowest BCUT2D eigenvalue weighted by atomic mass is 10.00. The van der Waals surface area contributed by atoms with Crippen LogP contribution in [0.5, 0.6) is 0 Å². The summed E-state index contributed by atoms with van der Waals surface area (Å²) >= 11 is 0. The molecule has 0 saturated carbocycles. The predicted molar refractivity (Wildman–Crippen MR) is 67.7 cm³/mol. The molecule has 1 unspecified atom stereocenters. The number of amides is 1. The van der Waals surface area contributed by atoms with Gasteiger partial charge in [-0.1, -0.05) is 20.8 Å². The van der Waals surface area contributed by atoms with Gasteiger partial charge in [-0.15, -0.1) is 0 Å². The Kier molecular flexibility index (Phi) is 6.85. The van der Waals surface area contributed by atoms with Gasteiger partial charge in [0.25, 0.3) is 0 Å². The minimum atomic E-state index is -0.854. The number of carbonyl (C=O) groups excluding carboxylic acids is 1. The smallest absolute Gasteiger partial charge is 0.308 e. The number of hydrogen-bond acceptors (Lipinski definition) is 2. The number of carboxylic acid groups (broad SMARTS) is 1. The van der Waals surface area contributed by atoms with Gasteiger partial charge in [-0.05, 0) is 26.7 Å². The van der Waals surface area contributed by atoms with E-state index in [4.69, 9.17) is 5.11 Å². The van der Waals surface area contributed by atoms with E-state index in [9.17, 15) is 9.59 Å². The van der Waals surface area contributed by atoms with E-state index < -0.39 is 11.9 Å². The average Bonchev–Trinajstić information content (AvgIpc) is 2.26. The quantitative estimate of drug-likeness (QED) is 0.747. The molecule has 0 aromatic rings. The lowest BCUT2D eigenvalue weighted by Gasteiger charge is -2.31. The van der Waals surface area contributed by atoms with Crippen molar-refractivity contribution in [2.45, 2.75) is 53.5 Å². The molecule has 4 heteroatoms. The first-order valence-electron chi connectivity index (χ1n) is 6.38. The molecule has 0 bridgehead atoms. The van der Waals surface area contributed by atoms with Crippen LogP contribution in [0.25, 0.3) is 0 Å². The van der Waals surface area contributed by atoms with Crippen LogP contribution in [0.4, 0.5) is 0 Å². The Morgan fingerprint density at radius 2 is 1.59 bits per heavy atom. The zero-order valence-corrected chi connectivity index (χ0v) is 11.6. The summed E-state index contributed by atoms with van der Waals surface area (Å²) in [6.45, 7) is 9.76. The Morgan fingerprint density at radius 1 is 1.12 bits per heavy atom. The number of rotatable bonds is 7. The largest absolute Gasteiger partial charge is 0.481 e. The fraction of sp³-hybridized carbons (Fsp3) is 0.846. The van der Waals surface area contributed by atoms with E-state index in [1.165, 1.54) is 0 Å². The van der Waals surface area contributed by atoms with Gasteiger partial charge >= 0.3 is 5.97 Å². The third-order valence-corrected chi connectivity index (χ3v) is 3.13. The lowest BCUT2D eigenvalue weighted by Crippen LogP contribution is -2.44. The van der Waals surface area contributed by atoms with Crippen molar-refractivity contribution >= 4 is 11.9 Å². The number of carboxylic acids is 1. The molecule has 0 aliphatic rings. The Labute approximate surface area is 104 Å². The van der Waals surface area contributed by atoms with Crippen LogP contribution in [0, 0.1) is 11.8 Å². The van der Waals surface area contributed by atoms with Gasteiger partial charge in [0.15, 0.2) is 0 Å². The second-order valence-corrected chi connectivity index (χ2v) is 4.84. The van der Waals surface area contributed by atoms with Gasteiger partial charge in [-0.3, -0.25) is 9.59 Å². The summed E-state index contributed by atoms with van der Waals surface area (Å²) in [4.78, 5) is 24.8. The first-order chi connectivity index (χ1) is 7.84. The fourth-order valence-electron chi connectivity index (χ4n) is 1.80. The van der Waals surface area contributed by atoms with Gasteiger partial charge in [0.05, 0.1) is 5.92 Å². The molecule has 17 heavy (non-hydrogen) atoms. The van der Waals surface area contributed by atoms with Gasteiger partial charge in [0.2, 0.25) is 5.91 Å². The maximum Gasteiger partial charge on any atom is 0.308 e. The van der Waals surface area contributed by atoms with Crippen molar-refractivity contribution in [1.29, 1.82) is 0 Å². The van der Waals surface area contributed by atoms with Crippen LogP contribution in [-0.2, 0) is 9.59 Å². The second-order valence-electron chi connectivity index (χ2n) is 4.84. The van der Waals surface area contributed by atoms with E-state index in [2.05, 4.69) is 0 Å². The van der Waals surface area contributed by atoms with Crippen molar-refractivity contribution in [3.63, 3.8) is 0 Å². The minimum Gasteiger partial charge on any atom is -0.481 e. The van der Waals surface area contributed by atoms with E-state index in [0.717, 1.165) is 12.8 Å². The monoisotopic (exact) mass is 243 g/mol. The number of carbonyl (C=O) groups is 2. The minimum absolute atomic E-state index is 0.0124. The van der Waals surface area contributed by atoms with Crippen molar-refractivity contribution in [2.75, 3.05) is 6.54 Å². The zero-order chi connectivity index (χ0) is 13.6. The van der Waals surface area contributed by atoms with Crippen molar-refractivity contribution in [1.82, 2.24) is 4.90 Å². The molecule has 1 N–H and O–H groups in total. The SMILES string of the molecule is CCC(CC)C(=O)N(CC(C)C(=O)O)C(C)C. The Balaban J connectivity index is 4.73. The summed E-state index contributed by atoms with van der Waals surface area (Å²) in [5.74, 6) is -1.28. The van der Waals surface area contributed by atoms with Crippen LogP contribution in [0.3, 0.4) is 0 Å². The molecule has 0 heterocycles. The van der Waals surface area contributed by atoms with Gasteiger partial charge in [-0.25, -0.2) is 0 Å². The van der Waals surface area contributed by atoms with Crippen LogP contribution < -0.4 is 0 Å². The van der Waals surface area contributed by atoms with Gasteiger partial charge in [0.1, 0.15) is 0 Å². The molecule has 1 amide bonds. The van der Waals surface area contributed by atoms with Crippen molar-refractivity contribution < 1.29 is 14.7 Å². The summed E-state index contributed by atoms with van der Waals surface area (Å²) in [5, 5.41) is 8.91. The molecule has 0 spiro atoms. The standard InChI is InChI=1S/C13H25NO3/c1-6-11(7-2)12(15)14(9(3)4)8-10(5)13(16)17/h9-11H,6-8H2,1-5H3,(H,16,17). The Morgan fingerprint density at radius 3 is 1.88 bits per heavy atom. The maximum atomic E-state index is 12.2. The summed E-state index contributed by atoms with van der Waals surface area (Å²) in [6.07, 6.45) is 1.61. The van der Waals surface area contributed by atoms with E-state index in [1.807, 2.05) is 27.7 Å².